The van der Waals surface area contributed by atoms with Crippen molar-refractivity contribution in [3.8, 4) is 0 Å². The van der Waals surface area contributed by atoms with E-state index >= 15 is 0 Å². The Kier molecular flexibility index (Phi) is 9.84. The second kappa shape index (κ2) is 11.3. The predicted molar refractivity (Wildman–Crippen MR) is 111 cm³/mol. The number of guanidine groups is 1. The third-order valence-electron chi connectivity index (χ3n) is 4.18. The zero-order valence-electron chi connectivity index (χ0n) is 15.5. The van der Waals surface area contributed by atoms with Crippen LogP contribution in [0.4, 0.5) is 0 Å². The van der Waals surface area contributed by atoms with Gasteiger partial charge in [-0.1, -0.05) is 6.92 Å². The highest BCUT2D eigenvalue weighted by Crippen LogP contribution is 2.10. The number of nitrogens with one attached hydrogen (secondary N) is 2. The van der Waals surface area contributed by atoms with Crippen LogP contribution in [0.1, 0.15) is 38.7 Å². The monoisotopic (exact) mass is 462 g/mol. The molecular formula is C17H31IN6O. The molecule has 0 spiro atoms. The molecule has 1 aromatic rings. The number of aliphatic imine (C=N–C) groups is 1. The Morgan fingerprint density at radius 1 is 1.44 bits per heavy atom. The summed E-state index contributed by atoms with van der Waals surface area (Å²) in [5.74, 6) is 1.08. The Balaban J connectivity index is 0.00000312. The van der Waals surface area contributed by atoms with Crippen molar-refractivity contribution in [1.82, 2.24) is 25.3 Å². The van der Waals surface area contributed by atoms with Crippen molar-refractivity contribution in [2.24, 2.45) is 12.0 Å². The average Bonchev–Trinajstić information content (AvgIpc) is 3.20. The number of likely N-dealkylation sites (tertiary alicyclic amines) is 1. The summed E-state index contributed by atoms with van der Waals surface area (Å²) in [4.78, 5) is 18.4. The number of nitrogens with zero attached hydrogens (tertiary/aromatic N) is 4. The van der Waals surface area contributed by atoms with E-state index in [-0.39, 0.29) is 35.9 Å². The number of carbonyl (C=O) groups excluding carboxylic acids is 1. The summed E-state index contributed by atoms with van der Waals surface area (Å²) in [5, 5.41) is 10.9. The van der Waals surface area contributed by atoms with Crippen LogP contribution in [-0.2, 0) is 18.3 Å². The van der Waals surface area contributed by atoms with Crippen LogP contribution in [0.2, 0.25) is 0 Å². The van der Waals surface area contributed by atoms with Gasteiger partial charge in [-0.05, 0) is 31.7 Å². The molecule has 1 aromatic heterocycles. The fourth-order valence-corrected chi connectivity index (χ4v) is 2.92. The van der Waals surface area contributed by atoms with Crippen LogP contribution in [0.25, 0.3) is 0 Å². The van der Waals surface area contributed by atoms with Gasteiger partial charge in [0, 0.05) is 51.9 Å². The first-order valence-corrected chi connectivity index (χ1v) is 8.92. The SMILES string of the molecule is CCNC(=NCCCc1cnn(C)c1)NC1CCN(C(=O)CC)C1.I. The van der Waals surface area contributed by atoms with Crippen molar-refractivity contribution in [3.63, 3.8) is 0 Å². The molecule has 1 atom stereocenters. The van der Waals surface area contributed by atoms with E-state index in [1.807, 2.05) is 35.9 Å². The minimum absolute atomic E-state index is 0. The van der Waals surface area contributed by atoms with Gasteiger partial charge in [0.05, 0.1) is 6.20 Å². The standard InChI is InChI=1S/C17H30N6O.HI/c1-4-16(24)23-10-8-15(13-23)21-17(18-5-2)19-9-6-7-14-11-20-22(3)12-14;/h11-12,15H,4-10,13H2,1-3H3,(H2,18,19,21);1H. The molecule has 8 heteroatoms. The minimum Gasteiger partial charge on any atom is -0.357 e. The molecule has 25 heavy (non-hydrogen) atoms. The lowest BCUT2D eigenvalue weighted by atomic mass is 10.2. The molecule has 1 aliphatic heterocycles. The van der Waals surface area contributed by atoms with E-state index in [0.717, 1.165) is 51.4 Å². The molecule has 1 amide bonds. The van der Waals surface area contributed by atoms with Gasteiger partial charge in [0.1, 0.15) is 0 Å². The summed E-state index contributed by atoms with van der Waals surface area (Å²) in [6, 6.07) is 0.289. The molecule has 1 saturated heterocycles. The number of rotatable bonds is 7. The Morgan fingerprint density at radius 3 is 2.88 bits per heavy atom. The van der Waals surface area contributed by atoms with Crippen molar-refractivity contribution < 1.29 is 4.79 Å². The number of hydrogen-bond donors (Lipinski definition) is 2. The average molecular weight is 462 g/mol. The molecule has 0 saturated carbocycles. The molecule has 0 aliphatic carbocycles. The first kappa shape index (κ1) is 21.7. The zero-order valence-corrected chi connectivity index (χ0v) is 17.8. The summed E-state index contributed by atoms with van der Waals surface area (Å²) in [7, 11) is 1.93. The maximum Gasteiger partial charge on any atom is 0.222 e. The summed E-state index contributed by atoms with van der Waals surface area (Å²) in [6.45, 7) is 7.19. The largest absolute Gasteiger partial charge is 0.357 e. The molecule has 2 rings (SSSR count). The second-order valence-electron chi connectivity index (χ2n) is 6.21. The van der Waals surface area contributed by atoms with E-state index < -0.39 is 0 Å². The van der Waals surface area contributed by atoms with E-state index in [9.17, 15) is 4.79 Å². The van der Waals surface area contributed by atoms with E-state index in [1.165, 1.54) is 5.56 Å². The lowest BCUT2D eigenvalue weighted by molar-refractivity contribution is -0.129. The van der Waals surface area contributed by atoms with E-state index in [4.69, 9.17) is 0 Å². The van der Waals surface area contributed by atoms with Crippen molar-refractivity contribution in [2.75, 3.05) is 26.2 Å². The first-order valence-electron chi connectivity index (χ1n) is 8.92. The van der Waals surface area contributed by atoms with Crippen LogP contribution in [0, 0.1) is 0 Å². The minimum atomic E-state index is 0. The fraction of sp³-hybridized carbons (Fsp3) is 0.706. The summed E-state index contributed by atoms with van der Waals surface area (Å²) < 4.78 is 1.83. The Labute approximate surface area is 167 Å². The molecule has 1 unspecified atom stereocenters. The molecule has 1 aliphatic rings. The molecule has 2 heterocycles. The number of hydrogen-bond acceptors (Lipinski definition) is 3. The Hall–Kier alpha value is -1.32. The smallest absolute Gasteiger partial charge is 0.222 e. The van der Waals surface area contributed by atoms with E-state index in [0.29, 0.717) is 6.42 Å². The maximum absolute atomic E-state index is 11.8. The molecular weight excluding hydrogens is 431 g/mol. The van der Waals surface area contributed by atoms with Crippen LogP contribution in [0.3, 0.4) is 0 Å². The molecule has 0 radical (unpaired) electrons. The molecule has 7 nitrogen and oxygen atoms in total. The number of halogens is 1. The molecule has 0 aromatic carbocycles. The van der Waals surface area contributed by atoms with Gasteiger partial charge in [0.15, 0.2) is 5.96 Å². The number of carbonyl (C=O) groups is 1. The van der Waals surface area contributed by atoms with Gasteiger partial charge in [-0.2, -0.15) is 5.10 Å². The lowest BCUT2D eigenvalue weighted by Crippen LogP contribution is -2.45. The van der Waals surface area contributed by atoms with Crippen molar-refractivity contribution in [2.45, 2.75) is 45.6 Å². The van der Waals surface area contributed by atoms with Crippen LogP contribution < -0.4 is 10.6 Å². The van der Waals surface area contributed by atoms with Crippen LogP contribution in [-0.4, -0.2) is 58.8 Å². The number of aromatic nitrogens is 2. The highest BCUT2D eigenvalue weighted by atomic mass is 127. The fourth-order valence-electron chi connectivity index (χ4n) is 2.92. The van der Waals surface area contributed by atoms with E-state index in [2.05, 4.69) is 27.6 Å². The van der Waals surface area contributed by atoms with Crippen molar-refractivity contribution >= 4 is 35.8 Å². The zero-order chi connectivity index (χ0) is 17.4. The summed E-state index contributed by atoms with van der Waals surface area (Å²) >= 11 is 0. The van der Waals surface area contributed by atoms with E-state index in [1.54, 1.807) is 0 Å². The maximum atomic E-state index is 11.8. The van der Waals surface area contributed by atoms with Crippen molar-refractivity contribution in [1.29, 1.82) is 0 Å². The predicted octanol–water partition coefficient (Wildman–Crippen LogP) is 1.54. The second-order valence-corrected chi connectivity index (χ2v) is 6.21. The topological polar surface area (TPSA) is 74.6 Å². The van der Waals surface area contributed by atoms with Gasteiger partial charge in [-0.3, -0.25) is 14.5 Å². The number of aryl methyl sites for hydroxylation is 2. The molecule has 142 valence electrons. The third-order valence-corrected chi connectivity index (χ3v) is 4.18. The summed E-state index contributed by atoms with van der Waals surface area (Å²) in [5.41, 5.74) is 1.25. The van der Waals surface area contributed by atoms with Gasteiger partial charge >= 0.3 is 0 Å². The molecule has 2 N–H and O–H groups in total. The van der Waals surface area contributed by atoms with Crippen LogP contribution in [0.5, 0.6) is 0 Å². The van der Waals surface area contributed by atoms with Crippen molar-refractivity contribution in [3.05, 3.63) is 18.0 Å². The van der Waals surface area contributed by atoms with Gasteiger partial charge < -0.3 is 15.5 Å². The normalized spacial score (nSPS) is 17.3. The Bertz CT molecular complexity index is 559. The van der Waals surface area contributed by atoms with Gasteiger partial charge in [0.25, 0.3) is 0 Å². The summed E-state index contributed by atoms with van der Waals surface area (Å²) in [6.07, 6.45) is 7.49. The van der Waals surface area contributed by atoms with Crippen LogP contribution in [0.15, 0.2) is 17.4 Å². The highest BCUT2D eigenvalue weighted by Gasteiger charge is 2.25. The van der Waals surface area contributed by atoms with Gasteiger partial charge in [0.2, 0.25) is 5.91 Å². The molecule has 1 fully saturated rings. The first-order chi connectivity index (χ1) is 11.6. The third kappa shape index (κ3) is 7.21. The van der Waals surface area contributed by atoms with Crippen LogP contribution >= 0.6 is 24.0 Å². The van der Waals surface area contributed by atoms with Gasteiger partial charge in [-0.25, -0.2) is 0 Å². The quantitative estimate of drug-likeness (QED) is 0.279. The Morgan fingerprint density at radius 2 is 2.24 bits per heavy atom. The van der Waals surface area contributed by atoms with Gasteiger partial charge in [-0.15, -0.1) is 24.0 Å². The highest BCUT2D eigenvalue weighted by molar-refractivity contribution is 14.0. The molecule has 0 bridgehead atoms. The number of amides is 1. The lowest BCUT2D eigenvalue weighted by Gasteiger charge is -2.18.